The van der Waals surface area contributed by atoms with Gasteiger partial charge in [0.2, 0.25) is 5.91 Å². The van der Waals surface area contributed by atoms with E-state index in [1.54, 1.807) is 0 Å². The van der Waals surface area contributed by atoms with E-state index in [4.69, 9.17) is 12.2 Å². The van der Waals surface area contributed by atoms with Gasteiger partial charge >= 0.3 is 0 Å². The summed E-state index contributed by atoms with van der Waals surface area (Å²) in [4.78, 5) is 11.4. The quantitative estimate of drug-likeness (QED) is 0.726. The van der Waals surface area contributed by atoms with Crippen molar-refractivity contribution in [1.82, 2.24) is 10.6 Å². The third-order valence-electron chi connectivity index (χ3n) is 1.95. The predicted octanol–water partition coefficient (Wildman–Crippen LogP) is 1.39. The minimum Gasteiger partial charge on any atom is -0.363 e. The van der Waals surface area contributed by atoms with E-state index in [1.165, 1.54) is 6.07 Å². The molecule has 0 bridgehead atoms. The fourth-order valence-corrected chi connectivity index (χ4v) is 1.38. The lowest BCUT2D eigenvalue weighted by Crippen LogP contribution is -2.39. The summed E-state index contributed by atoms with van der Waals surface area (Å²) >= 11 is 4.86. The summed E-state index contributed by atoms with van der Waals surface area (Å²) in [5, 5.41) is 8.25. The van der Waals surface area contributed by atoms with Crippen LogP contribution in [-0.4, -0.2) is 24.1 Å². The Morgan fingerprint density at radius 2 is 2.00 bits per heavy atom. The van der Waals surface area contributed by atoms with Crippen LogP contribution in [0.5, 0.6) is 0 Å². The molecule has 0 unspecified atom stereocenters. The lowest BCUT2D eigenvalue weighted by molar-refractivity contribution is -0.115. The maximum absolute atomic E-state index is 12.9. The largest absolute Gasteiger partial charge is 0.363 e. The molecular formula is C11H13F2N3OS. The van der Waals surface area contributed by atoms with Gasteiger partial charge in [-0.2, -0.15) is 0 Å². The minimum absolute atomic E-state index is 0.0508. The first kappa shape index (κ1) is 14.3. The van der Waals surface area contributed by atoms with E-state index in [-0.39, 0.29) is 12.2 Å². The Kier molecular flexibility index (Phi) is 5.44. The van der Waals surface area contributed by atoms with Gasteiger partial charge in [-0.05, 0) is 31.3 Å². The van der Waals surface area contributed by atoms with Gasteiger partial charge in [0, 0.05) is 18.3 Å². The molecule has 1 rings (SSSR count). The number of amides is 1. The highest BCUT2D eigenvalue weighted by Gasteiger charge is 2.06. The summed E-state index contributed by atoms with van der Waals surface area (Å²) in [6, 6.07) is 3.14. The van der Waals surface area contributed by atoms with Crippen molar-refractivity contribution in [2.45, 2.75) is 6.92 Å². The molecule has 4 nitrogen and oxygen atoms in total. The Morgan fingerprint density at radius 3 is 2.61 bits per heavy atom. The number of benzene rings is 1. The van der Waals surface area contributed by atoms with E-state index in [1.807, 2.05) is 6.92 Å². The highest BCUT2D eigenvalue weighted by Crippen LogP contribution is 2.12. The van der Waals surface area contributed by atoms with Crippen molar-refractivity contribution >= 4 is 28.9 Å². The van der Waals surface area contributed by atoms with Gasteiger partial charge in [-0.1, -0.05) is 0 Å². The number of hydrogen-bond donors (Lipinski definition) is 3. The van der Waals surface area contributed by atoms with E-state index in [0.717, 1.165) is 12.1 Å². The molecule has 18 heavy (non-hydrogen) atoms. The second-order valence-corrected chi connectivity index (χ2v) is 3.80. The first-order valence-corrected chi connectivity index (χ1v) is 5.70. The van der Waals surface area contributed by atoms with Crippen LogP contribution >= 0.6 is 12.2 Å². The van der Waals surface area contributed by atoms with Crippen LogP contribution in [-0.2, 0) is 4.79 Å². The standard InChI is InChI=1S/C11H13F2N3OS/c1-2-14-11(18)15-6-10(17)16-7-3-4-8(12)9(13)5-7/h3-5H,2,6H2,1H3,(H,16,17)(H2,14,15,18). The predicted molar refractivity (Wildman–Crippen MR) is 69.3 cm³/mol. The lowest BCUT2D eigenvalue weighted by atomic mass is 10.3. The summed E-state index contributed by atoms with van der Waals surface area (Å²) in [7, 11) is 0. The molecule has 0 aliphatic carbocycles. The zero-order valence-corrected chi connectivity index (χ0v) is 10.5. The number of anilines is 1. The molecule has 0 spiro atoms. The van der Waals surface area contributed by atoms with Gasteiger partial charge in [-0.3, -0.25) is 4.79 Å². The van der Waals surface area contributed by atoms with Crippen molar-refractivity contribution in [3.63, 3.8) is 0 Å². The highest BCUT2D eigenvalue weighted by atomic mass is 32.1. The molecule has 1 aromatic rings. The van der Waals surface area contributed by atoms with Crippen LogP contribution < -0.4 is 16.0 Å². The van der Waals surface area contributed by atoms with Gasteiger partial charge in [-0.25, -0.2) is 8.78 Å². The van der Waals surface area contributed by atoms with Gasteiger partial charge in [-0.15, -0.1) is 0 Å². The summed E-state index contributed by atoms with van der Waals surface area (Å²) in [6.07, 6.45) is 0. The summed E-state index contributed by atoms with van der Waals surface area (Å²) < 4.78 is 25.5. The summed E-state index contributed by atoms with van der Waals surface area (Å²) in [5.74, 6) is -2.37. The summed E-state index contributed by atoms with van der Waals surface area (Å²) in [6.45, 7) is 2.47. The average Bonchev–Trinajstić information content (AvgIpc) is 2.32. The fourth-order valence-electron chi connectivity index (χ4n) is 1.16. The number of carbonyl (C=O) groups excluding carboxylic acids is 1. The molecule has 0 radical (unpaired) electrons. The minimum atomic E-state index is -1.01. The number of halogens is 2. The number of nitrogens with one attached hydrogen (secondary N) is 3. The second kappa shape index (κ2) is 6.85. The van der Waals surface area contributed by atoms with Crippen molar-refractivity contribution in [3.8, 4) is 0 Å². The Hall–Kier alpha value is -1.76. The number of rotatable bonds is 4. The molecule has 0 aliphatic rings. The van der Waals surface area contributed by atoms with Crippen LogP contribution in [0.2, 0.25) is 0 Å². The van der Waals surface area contributed by atoms with Crippen molar-refractivity contribution in [2.75, 3.05) is 18.4 Å². The van der Waals surface area contributed by atoms with Crippen molar-refractivity contribution < 1.29 is 13.6 Å². The molecule has 0 aliphatic heterocycles. The van der Waals surface area contributed by atoms with Crippen LogP contribution in [0.15, 0.2) is 18.2 Å². The fraction of sp³-hybridized carbons (Fsp3) is 0.273. The Balaban J connectivity index is 2.44. The molecule has 7 heteroatoms. The van der Waals surface area contributed by atoms with Crippen LogP contribution in [0.25, 0.3) is 0 Å². The molecule has 0 atom stereocenters. The molecule has 0 aromatic heterocycles. The van der Waals surface area contributed by atoms with Gasteiger partial charge in [0.25, 0.3) is 0 Å². The smallest absolute Gasteiger partial charge is 0.243 e. The molecule has 1 aromatic carbocycles. The average molecular weight is 273 g/mol. The first-order chi connectivity index (χ1) is 8.52. The van der Waals surface area contributed by atoms with Crippen molar-refractivity contribution in [2.24, 2.45) is 0 Å². The van der Waals surface area contributed by atoms with Crippen LogP contribution in [0, 0.1) is 11.6 Å². The van der Waals surface area contributed by atoms with Crippen molar-refractivity contribution in [3.05, 3.63) is 29.8 Å². The van der Waals surface area contributed by atoms with Crippen LogP contribution in [0.1, 0.15) is 6.92 Å². The Labute approximate surface area is 109 Å². The van der Waals surface area contributed by atoms with Crippen LogP contribution in [0.4, 0.5) is 14.5 Å². The molecule has 0 fully saturated rings. The SMILES string of the molecule is CCNC(=S)NCC(=O)Nc1ccc(F)c(F)c1. The normalized spacial score (nSPS) is 9.72. The van der Waals surface area contributed by atoms with E-state index >= 15 is 0 Å². The summed E-state index contributed by atoms with van der Waals surface area (Å²) in [5.41, 5.74) is 0.190. The van der Waals surface area contributed by atoms with Gasteiger partial charge < -0.3 is 16.0 Å². The molecule has 0 saturated carbocycles. The number of hydrogen-bond acceptors (Lipinski definition) is 2. The molecule has 98 valence electrons. The molecule has 0 saturated heterocycles. The van der Waals surface area contributed by atoms with Crippen LogP contribution in [0.3, 0.4) is 0 Å². The molecule has 3 N–H and O–H groups in total. The topological polar surface area (TPSA) is 53.2 Å². The first-order valence-electron chi connectivity index (χ1n) is 5.29. The maximum atomic E-state index is 12.9. The molecule has 0 heterocycles. The zero-order chi connectivity index (χ0) is 13.5. The number of thiocarbonyl (C=S) groups is 1. The maximum Gasteiger partial charge on any atom is 0.243 e. The van der Waals surface area contributed by atoms with E-state index in [9.17, 15) is 13.6 Å². The number of carbonyl (C=O) groups is 1. The zero-order valence-electron chi connectivity index (χ0n) is 9.72. The second-order valence-electron chi connectivity index (χ2n) is 3.39. The van der Waals surface area contributed by atoms with Gasteiger partial charge in [0.05, 0.1) is 6.54 Å². The Morgan fingerprint density at radius 1 is 1.28 bits per heavy atom. The monoisotopic (exact) mass is 273 g/mol. The van der Waals surface area contributed by atoms with E-state index < -0.39 is 17.5 Å². The third kappa shape index (κ3) is 4.62. The van der Waals surface area contributed by atoms with E-state index in [2.05, 4.69) is 16.0 Å². The highest BCUT2D eigenvalue weighted by molar-refractivity contribution is 7.80. The van der Waals surface area contributed by atoms with Gasteiger partial charge in [0.15, 0.2) is 16.7 Å². The van der Waals surface area contributed by atoms with Crippen molar-refractivity contribution in [1.29, 1.82) is 0 Å². The third-order valence-corrected chi connectivity index (χ3v) is 2.24. The Bertz CT molecular complexity index is 454. The molecular weight excluding hydrogens is 260 g/mol. The van der Waals surface area contributed by atoms with E-state index in [0.29, 0.717) is 11.7 Å². The lowest BCUT2D eigenvalue weighted by Gasteiger charge is -2.09. The molecule has 1 amide bonds. The van der Waals surface area contributed by atoms with Gasteiger partial charge in [0.1, 0.15) is 0 Å².